The molecule has 0 unspecified atom stereocenters. The van der Waals surface area contributed by atoms with Gasteiger partial charge in [0.1, 0.15) is 5.41 Å². The largest absolute Gasteiger partial charge is 0.349 e. The number of hydrogen-bond acceptors (Lipinski definition) is 4. The van der Waals surface area contributed by atoms with Crippen molar-refractivity contribution in [2.75, 3.05) is 0 Å². The molecule has 0 atom stereocenters. The normalized spacial score (nSPS) is 10.9. The zero-order valence-electron chi connectivity index (χ0n) is 10.9. The molecule has 4 nitrogen and oxygen atoms in total. The van der Waals surface area contributed by atoms with Gasteiger partial charge in [0, 0.05) is 5.38 Å². The van der Waals surface area contributed by atoms with Crippen LogP contribution in [0.5, 0.6) is 0 Å². The van der Waals surface area contributed by atoms with E-state index in [-0.39, 0.29) is 5.91 Å². The number of amides is 1. The molecule has 1 N–H and O–H groups in total. The average molecular weight is 265 g/mol. The van der Waals surface area contributed by atoms with Crippen LogP contribution in [0.15, 0.2) is 10.9 Å². The molecule has 0 fully saturated rings. The molecular weight excluding hydrogens is 246 g/mol. The van der Waals surface area contributed by atoms with Crippen molar-refractivity contribution in [3.63, 3.8) is 0 Å². The van der Waals surface area contributed by atoms with Gasteiger partial charge in [-0.3, -0.25) is 4.79 Å². The molecule has 0 radical (unpaired) electrons. The smallest absolute Gasteiger partial charge is 0.240 e. The molecule has 0 aliphatic rings. The second-order valence-corrected chi connectivity index (χ2v) is 5.08. The first-order chi connectivity index (χ1) is 8.68. The van der Waals surface area contributed by atoms with Crippen molar-refractivity contribution in [3.8, 4) is 6.07 Å². The van der Waals surface area contributed by atoms with E-state index in [9.17, 15) is 10.1 Å². The fourth-order valence-corrected chi connectivity index (χ4v) is 2.59. The molecule has 18 heavy (non-hydrogen) atoms. The van der Waals surface area contributed by atoms with Crippen molar-refractivity contribution >= 4 is 17.2 Å². The van der Waals surface area contributed by atoms with Gasteiger partial charge in [-0.05, 0) is 12.8 Å². The van der Waals surface area contributed by atoms with Gasteiger partial charge in [0.15, 0.2) is 0 Å². The Bertz CT molecular complexity index is 402. The SMILES string of the molecule is CCCC(C#N)(CCC)C(=O)NCc1cscn1. The Morgan fingerprint density at radius 3 is 2.61 bits per heavy atom. The van der Waals surface area contributed by atoms with Crippen LogP contribution < -0.4 is 5.32 Å². The minimum atomic E-state index is -0.875. The third kappa shape index (κ3) is 3.54. The lowest BCUT2D eigenvalue weighted by molar-refractivity contribution is -0.129. The van der Waals surface area contributed by atoms with Gasteiger partial charge in [-0.1, -0.05) is 26.7 Å². The van der Waals surface area contributed by atoms with Crippen LogP contribution in [0.3, 0.4) is 0 Å². The first-order valence-corrected chi connectivity index (χ1v) is 7.19. The van der Waals surface area contributed by atoms with Gasteiger partial charge in [0.25, 0.3) is 0 Å². The second kappa shape index (κ2) is 7.12. The quantitative estimate of drug-likeness (QED) is 0.824. The highest BCUT2D eigenvalue weighted by Gasteiger charge is 2.36. The maximum Gasteiger partial charge on any atom is 0.240 e. The molecule has 0 aliphatic carbocycles. The van der Waals surface area contributed by atoms with Crippen LogP contribution in [0.4, 0.5) is 0 Å². The molecule has 1 aromatic heterocycles. The Hall–Kier alpha value is -1.41. The van der Waals surface area contributed by atoms with Crippen molar-refractivity contribution in [1.29, 1.82) is 5.26 Å². The van der Waals surface area contributed by atoms with Crippen molar-refractivity contribution in [1.82, 2.24) is 10.3 Å². The summed E-state index contributed by atoms with van der Waals surface area (Å²) in [6.07, 6.45) is 2.88. The van der Waals surface area contributed by atoms with E-state index in [4.69, 9.17) is 0 Å². The minimum absolute atomic E-state index is 0.165. The lowest BCUT2D eigenvalue weighted by atomic mass is 9.80. The van der Waals surface area contributed by atoms with Crippen LogP contribution in [-0.4, -0.2) is 10.9 Å². The number of rotatable bonds is 7. The predicted octanol–water partition coefficient (Wildman–Crippen LogP) is 2.87. The van der Waals surface area contributed by atoms with Gasteiger partial charge in [-0.25, -0.2) is 4.98 Å². The van der Waals surface area contributed by atoms with Crippen LogP contribution in [-0.2, 0) is 11.3 Å². The fraction of sp³-hybridized carbons (Fsp3) is 0.615. The zero-order valence-corrected chi connectivity index (χ0v) is 11.7. The highest BCUT2D eigenvalue weighted by Crippen LogP contribution is 2.29. The van der Waals surface area contributed by atoms with Gasteiger partial charge in [-0.2, -0.15) is 5.26 Å². The Balaban J connectivity index is 2.67. The summed E-state index contributed by atoms with van der Waals surface area (Å²) in [6.45, 7) is 4.39. The average Bonchev–Trinajstić information content (AvgIpc) is 2.88. The van der Waals surface area contributed by atoms with Gasteiger partial charge in [-0.15, -0.1) is 11.3 Å². The van der Waals surface area contributed by atoms with Gasteiger partial charge in [0.2, 0.25) is 5.91 Å². The Labute approximate surface area is 112 Å². The van der Waals surface area contributed by atoms with Crippen LogP contribution in [0.2, 0.25) is 0 Å². The lowest BCUT2D eigenvalue weighted by Crippen LogP contribution is -2.39. The third-order valence-corrected chi connectivity index (χ3v) is 3.55. The maximum atomic E-state index is 12.2. The van der Waals surface area contributed by atoms with Gasteiger partial charge >= 0.3 is 0 Å². The van der Waals surface area contributed by atoms with Crippen LogP contribution in [0.1, 0.15) is 45.2 Å². The zero-order chi connectivity index (χ0) is 13.4. The summed E-state index contributed by atoms with van der Waals surface area (Å²) < 4.78 is 0. The highest BCUT2D eigenvalue weighted by atomic mass is 32.1. The standard InChI is InChI=1S/C13H19N3OS/c1-3-5-13(9-14,6-4-2)12(17)15-7-11-8-18-10-16-11/h8,10H,3-7H2,1-2H3,(H,15,17). The Kier molecular flexibility index (Phi) is 5.79. The molecule has 0 bridgehead atoms. The molecule has 0 aromatic carbocycles. The molecule has 1 heterocycles. The molecule has 0 spiro atoms. The summed E-state index contributed by atoms with van der Waals surface area (Å²) in [5.41, 5.74) is 1.70. The third-order valence-electron chi connectivity index (χ3n) is 2.92. The van der Waals surface area contributed by atoms with E-state index in [1.807, 2.05) is 19.2 Å². The summed E-state index contributed by atoms with van der Waals surface area (Å²) >= 11 is 1.50. The number of nitriles is 1. The van der Waals surface area contributed by atoms with Crippen LogP contribution >= 0.6 is 11.3 Å². The molecule has 1 aromatic rings. The van der Waals surface area contributed by atoms with E-state index in [1.165, 1.54) is 11.3 Å². The molecule has 1 amide bonds. The predicted molar refractivity (Wildman–Crippen MR) is 71.8 cm³/mol. The summed E-state index contributed by atoms with van der Waals surface area (Å²) in [7, 11) is 0. The number of nitrogens with one attached hydrogen (secondary N) is 1. The van der Waals surface area contributed by atoms with Crippen molar-refractivity contribution < 1.29 is 4.79 Å². The van der Waals surface area contributed by atoms with E-state index in [0.29, 0.717) is 19.4 Å². The van der Waals surface area contributed by atoms with E-state index in [2.05, 4.69) is 16.4 Å². The highest BCUT2D eigenvalue weighted by molar-refractivity contribution is 7.07. The van der Waals surface area contributed by atoms with E-state index in [1.54, 1.807) is 5.51 Å². The summed E-state index contributed by atoms with van der Waals surface area (Å²) in [5.74, 6) is -0.165. The Morgan fingerprint density at radius 1 is 1.50 bits per heavy atom. The molecule has 0 saturated carbocycles. The first-order valence-electron chi connectivity index (χ1n) is 6.25. The van der Waals surface area contributed by atoms with Crippen molar-refractivity contribution in [2.45, 2.75) is 46.1 Å². The molecule has 0 saturated heterocycles. The summed E-state index contributed by atoms with van der Waals surface area (Å²) in [4.78, 5) is 16.3. The van der Waals surface area contributed by atoms with E-state index < -0.39 is 5.41 Å². The molecule has 1 rings (SSSR count). The topological polar surface area (TPSA) is 65.8 Å². The van der Waals surface area contributed by atoms with E-state index in [0.717, 1.165) is 18.5 Å². The number of carbonyl (C=O) groups excluding carboxylic acids is 1. The number of thiazole rings is 1. The summed E-state index contributed by atoms with van der Waals surface area (Å²) in [6, 6.07) is 2.22. The summed E-state index contributed by atoms with van der Waals surface area (Å²) in [5, 5.41) is 14.1. The van der Waals surface area contributed by atoms with Gasteiger partial charge < -0.3 is 5.32 Å². The van der Waals surface area contributed by atoms with Gasteiger partial charge in [0.05, 0.1) is 23.8 Å². The Morgan fingerprint density at radius 2 is 2.17 bits per heavy atom. The second-order valence-electron chi connectivity index (χ2n) is 4.36. The maximum absolute atomic E-state index is 12.2. The number of nitrogens with zero attached hydrogens (tertiary/aromatic N) is 2. The molecule has 0 aliphatic heterocycles. The first kappa shape index (κ1) is 14.7. The van der Waals surface area contributed by atoms with Crippen LogP contribution in [0.25, 0.3) is 0 Å². The number of hydrogen-bond donors (Lipinski definition) is 1. The number of carbonyl (C=O) groups is 1. The molecule has 5 heteroatoms. The minimum Gasteiger partial charge on any atom is -0.349 e. The fourth-order valence-electron chi connectivity index (χ4n) is 2.03. The van der Waals surface area contributed by atoms with Crippen molar-refractivity contribution in [2.24, 2.45) is 5.41 Å². The molecule has 98 valence electrons. The van der Waals surface area contributed by atoms with Crippen LogP contribution in [0, 0.1) is 16.7 Å². The monoisotopic (exact) mass is 265 g/mol. The lowest BCUT2D eigenvalue weighted by Gasteiger charge is -2.24. The molecular formula is C13H19N3OS. The van der Waals surface area contributed by atoms with E-state index >= 15 is 0 Å². The van der Waals surface area contributed by atoms with Crippen molar-refractivity contribution in [3.05, 3.63) is 16.6 Å². The number of aromatic nitrogens is 1.